The summed E-state index contributed by atoms with van der Waals surface area (Å²) in [5.41, 5.74) is -0.549. The zero-order valence-electron chi connectivity index (χ0n) is 9.97. The molecule has 0 aromatic heterocycles. The van der Waals surface area contributed by atoms with E-state index in [9.17, 15) is 5.11 Å². The van der Waals surface area contributed by atoms with Gasteiger partial charge in [0.05, 0.1) is 5.60 Å². The van der Waals surface area contributed by atoms with Gasteiger partial charge in [-0.1, -0.05) is 13.8 Å². The molecule has 0 aliphatic carbocycles. The largest absolute Gasteiger partial charge is 0.389 e. The van der Waals surface area contributed by atoms with Crippen molar-refractivity contribution in [3.8, 4) is 0 Å². The van der Waals surface area contributed by atoms with Crippen LogP contribution in [-0.2, 0) is 0 Å². The molecule has 0 radical (unpaired) electrons. The molecule has 0 aromatic carbocycles. The topological polar surface area (TPSA) is 32.3 Å². The minimum atomic E-state index is -0.549. The van der Waals surface area contributed by atoms with Crippen LogP contribution in [0.2, 0.25) is 0 Å². The van der Waals surface area contributed by atoms with E-state index in [1.165, 1.54) is 17.9 Å². The van der Waals surface area contributed by atoms with Crippen molar-refractivity contribution < 1.29 is 5.11 Å². The fourth-order valence-electron chi connectivity index (χ4n) is 1.03. The SMILES string of the molecule is CCSCCC(C)NCC(C)(O)CC. The third kappa shape index (κ3) is 7.65. The molecule has 0 spiro atoms. The van der Waals surface area contributed by atoms with Crippen LogP contribution in [0.4, 0.5) is 0 Å². The molecule has 0 rings (SSSR count). The van der Waals surface area contributed by atoms with E-state index in [1.807, 2.05) is 25.6 Å². The van der Waals surface area contributed by atoms with Gasteiger partial charge in [0, 0.05) is 12.6 Å². The number of nitrogens with one attached hydrogen (secondary N) is 1. The van der Waals surface area contributed by atoms with Gasteiger partial charge in [-0.3, -0.25) is 0 Å². The summed E-state index contributed by atoms with van der Waals surface area (Å²) < 4.78 is 0. The van der Waals surface area contributed by atoms with Gasteiger partial charge < -0.3 is 10.4 Å². The lowest BCUT2D eigenvalue weighted by atomic mass is 10.0. The number of hydrogen-bond donors (Lipinski definition) is 2. The maximum absolute atomic E-state index is 9.78. The number of rotatable bonds is 8. The summed E-state index contributed by atoms with van der Waals surface area (Å²) in [7, 11) is 0. The lowest BCUT2D eigenvalue weighted by molar-refractivity contribution is 0.0533. The second-order valence-corrected chi connectivity index (χ2v) is 5.51. The standard InChI is InChI=1S/C11H25NOS/c1-5-11(4,13)9-12-10(3)7-8-14-6-2/h10,12-13H,5-9H2,1-4H3. The Kier molecular flexibility index (Phi) is 7.69. The average Bonchev–Trinajstić information content (AvgIpc) is 2.16. The van der Waals surface area contributed by atoms with Gasteiger partial charge in [0.25, 0.3) is 0 Å². The van der Waals surface area contributed by atoms with Crippen LogP contribution in [0.3, 0.4) is 0 Å². The zero-order valence-corrected chi connectivity index (χ0v) is 10.8. The number of hydrogen-bond acceptors (Lipinski definition) is 3. The van der Waals surface area contributed by atoms with Gasteiger partial charge in [0.1, 0.15) is 0 Å². The van der Waals surface area contributed by atoms with Gasteiger partial charge in [-0.15, -0.1) is 0 Å². The Morgan fingerprint density at radius 3 is 2.57 bits per heavy atom. The Bertz CT molecular complexity index is 139. The molecule has 86 valence electrons. The third-order valence-corrected chi connectivity index (χ3v) is 3.42. The Labute approximate surface area is 92.9 Å². The van der Waals surface area contributed by atoms with Crippen molar-refractivity contribution >= 4 is 11.8 Å². The molecule has 2 nitrogen and oxygen atoms in total. The van der Waals surface area contributed by atoms with E-state index in [4.69, 9.17) is 0 Å². The average molecular weight is 219 g/mol. The van der Waals surface area contributed by atoms with E-state index in [2.05, 4.69) is 19.2 Å². The van der Waals surface area contributed by atoms with E-state index in [0.29, 0.717) is 12.6 Å². The fourth-order valence-corrected chi connectivity index (χ4v) is 1.83. The smallest absolute Gasteiger partial charge is 0.0741 e. The molecule has 2 atom stereocenters. The van der Waals surface area contributed by atoms with Crippen LogP contribution in [0.25, 0.3) is 0 Å². The van der Waals surface area contributed by atoms with Crippen molar-refractivity contribution in [2.45, 2.75) is 52.2 Å². The second-order valence-electron chi connectivity index (χ2n) is 4.12. The Morgan fingerprint density at radius 2 is 2.07 bits per heavy atom. The lowest BCUT2D eigenvalue weighted by Crippen LogP contribution is -2.41. The minimum Gasteiger partial charge on any atom is -0.389 e. The van der Waals surface area contributed by atoms with Gasteiger partial charge in [-0.05, 0) is 38.2 Å². The van der Waals surface area contributed by atoms with Crippen LogP contribution in [0.5, 0.6) is 0 Å². The Hall–Kier alpha value is 0.270. The van der Waals surface area contributed by atoms with E-state index in [0.717, 1.165) is 6.42 Å². The summed E-state index contributed by atoms with van der Waals surface area (Å²) in [5.74, 6) is 2.40. The summed E-state index contributed by atoms with van der Waals surface area (Å²) in [6, 6.07) is 0.507. The Balaban J connectivity index is 3.48. The lowest BCUT2D eigenvalue weighted by Gasteiger charge is -2.24. The molecular formula is C11H25NOS. The molecule has 14 heavy (non-hydrogen) atoms. The summed E-state index contributed by atoms with van der Waals surface area (Å²) in [4.78, 5) is 0. The molecule has 0 aromatic rings. The molecule has 0 aliphatic rings. The van der Waals surface area contributed by atoms with Gasteiger partial charge in [-0.2, -0.15) is 11.8 Å². The van der Waals surface area contributed by atoms with E-state index in [-0.39, 0.29) is 0 Å². The van der Waals surface area contributed by atoms with E-state index >= 15 is 0 Å². The van der Waals surface area contributed by atoms with Gasteiger partial charge >= 0.3 is 0 Å². The zero-order chi connectivity index (χ0) is 11.0. The van der Waals surface area contributed by atoms with Crippen molar-refractivity contribution in [3.05, 3.63) is 0 Å². The highest BCUT2D eigenvalue weighted by atomic mass is 32.2. The maximum Gasteiger partial charge on any atom is 0.0741 e. The molecule has 0 aliphatic heterocycles. The van der Waals surface area contributed by atoms with Gasteiger partial charge in [-0.25, -0.2) is 0 Å². The first-order chi connectivity index (χ1) is 6.52. The van der Waals surface area contributed by atoms with Crippen LogP contribution in [-0.4, -0.2) is 34.8 Å². The molecule has 0 saturated carbocycles. The third-order valence-electron chi connectivity index (χ3n) is 2.49. The molecular weight excluding hydrogens is 194 g/mol. The van der Waals surface area contributed by atoms with Crippen LogP contribution >= 0.6 is 11.8 Å². The van der Waals surface area contributed by atoms with Crippen molar-refractivity contribution in [2.75, 3.05) is 18.1 Å². The maximum atomic E-state index is 9.78. The molecule has 0 amide bonds. The minimum absolute atomic E-state index is 0.507. The molecule has 0 bridgehead atoms. The van der Waals surface area contributed by atoms with Gasteiger partial charge in [0.2, 0.25) is 0 Å². The molecule has 0 heterocycles. The van der Waals surface area contributed by atoms with Crippen LogP contribution in [0.15, 0.2) is 0 Å². The van der Waals surface area contributed by atoms with Crippen molar-refractivity contribution in [2.24, 2.45) is 0 Å². The molecule has 3 heteroatoms. The highest BCUT2D eigenvalue weighted by molar-refractivity contribution is 7.99. The van der Waals surface area contributed by atoms with Gasteiger partial charge in [0.15, 0.2) is 0 Å². The first-order valence-electron chi connectivity index (χ1n) is 5.55. The van der Waals surface area contributed by atoms with Crippen LogP contribution in [0, 0.1) is 0 Å². The predicted molar refractivity (Wildman–Crippen MR) is 66.0 cm³/mol. The van der Waals surface area contributed by atoms with E-state index < -0.39 is 5.60 Å². The first kappa shape index (κ1) is 14.3. The highest BCUT2D eigenvalue weighted by Crippen LogP contribution is 2.08. The quantitative estimate of drug-likeness (QED) is 0.614. The fraction of sp³-hybridized carbons (Fsp3) is 1.00. The van der Waals surface area contributed by atoms with Crippen molar-refractivity contribution in [1.29, 1.82) is 0 Å². The molecule has 2 unspecified atom stereocenters. The molecule has 0 saturated heterocycles. The highest BCUT2D eigenvalue weighted by Gasteiger charge is 2.17. The monoisotopic (exact) mass is 219 g/mol. The molecule has 0 fully saturated rings. The van der Waals surface area contributed by atoms with Crippen LogP contribution < -0.4 is 5.32 Å². The summed E-state index contributed by atoms with van der Waals surface area (Å²) in [6.45, 7) is 8.96. The number of thioether (sulfide) groups is 1. The van der Waals surface area contributed by atoms with Crippen LogP contribution in [0.1, 0.15) is 40.5 Å². The summed E-state index contributed by atoms with van der Waals surface area (Å²) in [5, 5.41) is 13.1. The van der Waals surface area contributed by atoms with E-state index in [1.54, 1.807) is 0 Å². The normalized spacial score (nSPS) is 17.8. The predicted octanol–water partition coefficient (Wildman–Crippen LogP) is 2.27. The summed E-state index contributed by atoms with van der Waals surface area (Å²) >= 11 is 1.97. The van der Waals surface area contributed by atoms with Crippen molar-refractivity contribution in [3.63, 3.8) is 0 Å². The van der Waals surface area contributed by atoms with Crippen molar-refractivity contribution in [1.82, 2.24) is 5.32 Å². The number of aliphatic hydroxyl groups is 1. The molecule has 2 N–H and O–H groups in total. The Morgan fingerprint density at radius 1 is 1.43 bits per heavy atom. The summed E-state index contributed by atoms with van der Waals surface area (Å²) in [6.07, 6.45) is 1.98. The second kappa shape index (κ2) is 7.55. The first-order valence-corrected chi connectivity index (χ1v) is 6.70.